The van der Waals surface area contributed by atoms with E-state index in [0.29, 0.717) is 6.04 Å². The van der Waals surface area contributed by atoms with Crippen molar-refractivity contribution < 1.29 is 4.79 Å². The Labute approximate surface area is 110 Å². The maximum absolute atomic E-state index is 11.4. The van der Waals surface area contributed by atoms with Crippen molar-refractivity contribution in [2.45, 2.75) is 64.5 Å². The van der Waals surface area contributed by atoms with Crippen molar-refractivity contribution in [2.75, 3.05) is 7.05 Å². The molecule has 0 aliphatic heterocycles. The highest BCUT2D eigenvalue weighted by molar-refractivity contribution is 7.80. The van der Waals surface area contributed by atoms with Crippen LogP contribution in [0.5, 0.6) is 0 Å². The lowest BCUT2D eigenvalue weighted by molar-refractivity contribution is -0.128. The van der Waals surface area contributed by atoms with Crippen LogP contribution in [0, 0.1) is 0 Å². The molecule has 1 fully saturated rings. The molecule has 0 unspecified atom stereocenters. The largest absolute Gasteiger partial charge is 0.375 e. The van der Waals surface area contributed by atoms with Gasteiger partial charge < -0.3 is 10.2 Å². The van der Waals surface area contributed by atoms with Crippen LogP contribution < -0.4 is 5.32 Å². The van der Waals surface area contributed by atoms with Gasteiger partial charge in [-0.3, -0.25) is 4.79 Å². The third-order valence-electron chi connectivity index (χ3n) is 3.61. The Bertz CT molecular complexity index is 275. The number of nitrogens with zero attached hydrogens (tertiary/aromatic N) is 1. The molecule has 3 nitrogen and oxygen atoms in total. The molecule has 1 amide bonds. The molecule has 0 heterocycles. The van der Waals surface area contributed by atoms with Crippen molar-refractivity contribution in [3.63, 3.8) is 0 Å². The Kier molecular flexibility index (Phi) is 5.89. The number of amides is 1. The second-order valence-corrected chi connectivity index (χ2v) is 5.34. The molecule has 1 rings (SSSR count). The molecule has 0 bridgehead atoms. The van der Waals surface area contributed by atoms with Crippen LogP contribution >= 0.6 is 12.2 Å². The highest BCUT2D eigenvalue weighted by Gasteiger charge is 2.22. The van der Waals surface area contributed by atoms with Gasteiger partial charge in [-0.25, -0.2) is 0 Å². The van der Waals surface area contributed by atoms with Crippen molar-refractivity contribution in [1.29, 1.82) is 0 Å². The van der Waals surface area contributed by atoms with E-state index in [9.17, 15) is 4.79 Å². The fourth-order valence-electron chi connectivity index (χ4n) is 2.40. The zero-order chi connectivity index (χ0) is 12.8. The summed E-state index contributed by atoms with van der Waals surface area (Å²) in [5.41, 5.74) is 0. The normalized spacial score (nSPS) is 18.5. The number of likely N-dealkylation sites (N-methyl/N-ethyl adjacent to an activating group) is 1. The summed E-state index contributed by atoms with van der Waals surface area (Å²) in [5, 5.41) is 3.44. The summed E-state index contributed by atoms with van der Waals surface area (Å²) >= 11 is 5.45. The van der Waals surface area contributed by atoms with Crippen molar-refractivity contribution in [2.24, 2.45) is 0 Å². The molecule has 1 saturated carbocycles. The highest BCUT2D eigenvalue weighted by Crippen LogP contribution is 2.18. The molecule has 1 aliphatic rings. The van der Waals surface area contributed by atoms with Gasteiger partial charge in [0.2, 0.25) is 5.91 Å². The molecule has 0 aromatic carbocycles. The Hall–Kier alpha value is -0.640. The minimum Gasteiger partial charge on any atom is -0.375 e. The predicted octanol–water partition coefficient (Wildman–Crippen LogP) is 2.49. The van der Waals surface area contributed by atoms with Crippen molar-refractivity contribution in [3.8, 4) is 0 Å². The van der Waals surface area contributed by atoms with Crippen molar-refractivity contribution >= 4 is 23.1 Å². The molecule has 1 N–H and O–H groups in total. The molecule has 0 aromatic rings. The predicted molar refractivity (Wildman–Crippen MR) is 75.1 cm³/mol. The van der Waals surface area contributed by atoms with Crippen LogP contribution in [0.15, 0.2) is 0 Å². The molecular formula is C13H24N2OS. The molecule has 1 aliphatic carbocycles. The Morgan fingerprint density at radius 3 is 2.47 bits per heavy atom. The lowest BCUT2D eigenvalue weighted by Crippen LogP contribution is -2.48. The summed E-state index contributed by atoms with van der Waals surface area (Å²) in [5.74, 6) is 0.0737. The number of carbonyl (C=O) groups excluding carboxylic acids is 1. The summed E-state index contributed by atoms with van der Waals surface area (Å²) in [4.78, 5) is 13.9. The van der Waals surface area contributed by atoms with Gasteiger partial charge in [-0.2, -0.15) is 0 Å². The van der Waals surface area contributed by atoms with Gasteiger partial charge >= 0.3 is 0 Å². The topological polar surface area (TPSA) is 32.3 Å². The van der Waals surface area contributed by atoms with E-state index in [2.05, 4.69) is 12.2 Å². The highest BCUT2D eigenvalue weighted by atomic mass is 32.1. The van der Waals surface area contributed by atoms with Crippen LogP contribution in [0.4, 0.5) is 0 Å². The van der Waals surface area contributed by atoms with Gasteiger partial charge in [-0.05, 0) is 19.3 Å². The number of nitrogens with one attached hydrogen (secondary N) is 1. The number of hydrogen-bond donors (Lipinski definition) is 1. The number of thiocarbonyl (C=S) groups is 1. The summed E-state index contributed by atoms with van der Waals surface area (Å²) in [6.07, 6.45) is 7.21. The van der Waals surface area contributed by atoms with E-state index in [1.165, 1.54) is 32.1 Å². The number of carbonyl (C=O) groups is 1. The first kappa shape index (κ1) is 14.4. The SMILES string of the molecule is CC[C@H](C(=S)NC1CCCCC1)N(C)C(C)=O. The fourth-order valence-corrected chi connectivity index (χ4v) is 2.89. The summed E-state index contributed by atoms with van der Waals surface area (Å²) in [6, 6.07) is 0.565. The number of hydrogen-bond acceptors (Lipinski definition) is 2. The Balaban J connectivity index is 2.50. The van der Waals surface area contributed by atoms with E-state index in [0.717, 1.165) is 11.4 Å². The molecule has 0 spiro atoms. The molecular weight excluding hydrogens is 232 g/mol. The lowest BCUT2D eigenvalue weighted by Gasteiger charge is -2.31. The first-order valence-electron chi connectivity index (χ1n) is 6.60. The van der Waals surface area contributed by atoms with Gasteiger partial charge in [0.25, 0.3) is 0 Å². The van der Waals surface area contributed by atoms with Crippen LogP contribution in [0.1, 0.15) is 52.4 Å². The monoisotopic (exact) mass is 256 g/mol. The quantitative estimate of drug-likeness (QED) is 0.784. The van der Waals surface area contributed by atoms with Gasteiger partial charge in [0.1, 0.15) is 0 Å². The van der Waals surface area contributed by atoms with E-state index in [-0.39, 0.29) is 11.9 Å². The molecule has 0 aromatic heterocycles. The number of rotatable bonds is 4. The molecule has 4 heteroatoms. The smallest absolute Gasteiger partial charge is 0.219 e. The third-order valence-corrected chi connectivity index (χ3v) is 4.00. The van der Waals surface area contributed by atoms with Crippen LogP contribution in [-0.4, -0.2) is 34.9 Å². The standard InChI is InChI=1S/C13H24N2OS/c1-4-12(15(3)10(2)16)13(17)14-11-8-6-5-7-9-11/h11-12H,4-9H2,1-3H3,(H,14,17)/t12-/m1/s1. The summed E-state index contributed by atoms with van der Waals surface area (Å²) in [7, 11) is 1.82. The Morgan fingerprint density at radius 1 is 1.41 bits per heavy atom. The fraction of sp³-hybridized carbons (Fsp3) is 0.846. The van der Waals surface area contributed by atoms with Crippen LogP contribution in [0.2, 0.25) is 0 Å². The van der Waals surface area contributed by atoms with Crippen molar-refractivity contribution in [3.05, 3.63) is 0 Å². The average molecular weight is 256 g/mol. The van der Waals surface area contributed by atoms with E-state index in [1.54, 1.807) is 11.8 Å². The maximum Gasteiger partial charge on any atom is 0.219 e. The van der Waals surface area contributed by atoms with Crippen LogP contribution in [0.3, 0.4) is 0 Å². The molecule has 98 valence electrons. The van der Waals surface area contributed by atoms with Crippen LogP contribution in [0.25, 0.3) is 0 Å². The minimum absolute atomic E-state index is 0.0458. The Morgan fingerprint density at radius 2 is 2.00 bits per heavy atom. The molecule has 1 atom stereocenters. The van der Waals surface area contributed by atoms with E-state index in [1.807, 2.05) is 7.05 Å². The van der Waals surface area contributed by atoms with E-state index >= 15 is 0 Å². The summed E-state index contributed by atoms with van der Waals surface area (Å²) < 4.78 is 0. The average Bonchev–Trinajstić information content (AvgIpc) is 2.30. The van der Waals surface area contributed by atoms with Crippen molar-refractivity contribution in [1.82, 2.24) is 10.2 Å². The van der Waals surface area contributed by atoms with Gasteiger partial charge in [-0.1, -0.05) is 38.4 Å². The lowest BCUT2D eigenvalue weighted by atomic mass is 9.95. The van der Waals surface area contributed by atoms with E-state index in [4.69, 9.17) is 12.2 Å². The maximum atomic E-state index is 11.4. The second-order valence-electron chi connectivity index (χ2n) is 4.90. The van der Waals surface area contributed by atoms with Gasteiger partial charge in [-0.15, -0.1) is 0 Å². The first-order chi connectivity index (χ1) is 8.06. The van der Waals surface area contributed by atoms with Gasteiger partial charge in [0, 0.05) is 20.0 Å². The summed E-state index contributed by atoms with van der Waals surface area (Å²) in [6.45, 7) is 3.66. The van der Waals surface area contributed by atoms with Crippen LogP contribution in [-0.2, 0) is 4.79 Å². The molecule has 0 saturated heterocycles. The zero-order valence-corrected chi connectivity index (χ0v) is 12.0. The third kappa shape index (κ3) is 4.26. The molecule has 17 heavy (non-hydrogen) atoms. The first-order valence-corrected chi connectivity index (χ1v) is 7.00. The zero-order valence-electron chi connectivity index (χ0n) is 11.2. The van der Waals surface area contributed by atoms with Gasteiger partial charge in [0.15, 0.2) is 0 Å². The minimum atomic E-state index is 0.0458. The van der Waals surface area contributed by atoms with Gasteiger partial charge in [0.05, 0.1) is 11.0 Å². The molecule has 0 radical (unpaired) electrons. The second kappa shape index (κ2) is 6.94. The van der Waals surface area contributed by atoms with E-state index < -0.39 is 0 Å².